The van der Waals surface area contributed by atoms with Crippen LogP contribution in [-0.2, 0) is 28.6 Å². The number of aliphatic imine (C=N–C) groups is 1. The number of nitrogens with zero attached hydrogens (tertiary/aromatic N) is 2. The molecule has 0 aliphatic rings. The normalized spacial score (nSPS) is 12.4. The molecule has 8 nitrogen and oxygen atoms in total. The van der Waals surface area contributed by atoms with Gasteiger partial charge in [0.25, 0.3) is 20.2 Å². The Bertz CT molecular complexity index is 1350. The van der Waals surface area contributed by atoms with Crippen LogP contribution < -0.4 is 4.90 Å². The monoisotopic (exact) mass is 504 g/mol. The first-order valence-electron chi connectivity index (χ1n) is 10.6. The van der Waals surface area contributed by atoms with Crippen molar-refractivity contribution in [3.8, 4) is 0 Å². The fourth-order valence-electron chi connectivity index (χ4n) is 3.37. The fraction of sp³-hybridized carbons (Fsp3) is 0.292. The highest BCUT2D eigenvalue weighted by molar-refractivity contribution is 7.86. The maximum absolute atomic E-state index is 11.3. The average molecular weight is 505 g/mol. The molecule has 3 rings (SSSR count). The molecule has 10 heteroatoms. The van der Waals surface area contributed by atoms with Crippen molar-refractivity contribution in [1.29, 1.82) is 0 Å². The van der Waals surface area contributed by atoms with Crippen LogP contribution in [0.5, 0.6) is 0 Å². The van der Waals surface area contributed by atoms with E-state index in [2.05, 4.69) is 11.1 Å². The SMILES string of the molecule is Cc1cc(N(CCOS(C)(=O)=O)CCOS(C)(=O)=O)ccc1C=Nc1ccc2ccccc2c1. The molecule has 0 bridgehead atoms. The van der Waals surface area contributed by atoms with E-state index in [-0.39, 0.29) is 26.3 Å². The lowest BCUT2D eigenvalue weighted by molar-refractivity contribution is 0.309. The van der Waals surface area contributed by atoms with Gasteiger partial charge in [0.15, 0.2) is 0 Å². The van der Waals surface area contributed by atoms with E-state index in [9.17, 15) is 16.8 Å². The number of rotatable bonds is 11. The number of hydrogen-bond acceptors (Lipinski definition) is 8. The van der Waals surface area contributed by atoms with Crippen LogP contribution in [-0.4, -0.2) is 61.9 Å². The quantitative estimate of drug-likeness (QED) is 0.290. The molecule has 0 N–H and O–H groups in total. The molecular formula is C24H28N2O6S2. The van der Waals surface area contributed by atoms with Crippen LogP contribution >= 0.6 is 0 Å². The molecule has 0 aromatic heterocycles. The summed E-state index contributed by atoms with van der Waals surface area (Å²) >= 11 is 0. The van der Waals surface area contributed by atoms with Gasteiger partial charge in [0.2, 0.25) is 0 Å². The molecular weight excluding hydrogens is 476 g/mol. The topological polar surface area (TPSA) is 102 Å². The van der Waals surface area contributed by atoms with E-state index in [0.717, 1.165) is 45.8 Å². The third-order valence-corrected chi connectivity index (χ3v) is 6.21. The zero-order valence-corrected chi connectivity index (χ0v) is 21.0. The van der Waals surface area contributed by atoms with Gasteiger partial charge in [0.05, 0.1) is 31.4 Å². The summed E-state index contributed by atoms with van der Waals surface area (Å²) in [6, 6.07) is 19.8. The number of anilines is 1. The predicted molar refractivity (Wildman–Crippen MR) is 136 cm³/mol. The summed E-state index contributed by atoms with van der Waals surface area (Å²) in [6.45, 7) is 2.29. The van der Waals surface area contributed by atoms with Gasteiger partial charge < -0.3 is 4.90 Å². The molecule has 0 heterocycles. The third kappa shape index (κ3) is 8.21. The van der Waals surface area contributed by atoms with Crippen molar-refractivity contribution in [2.24, 2.45) is 4.99 Å². The number of hydrogen-bond donors (Lipinski definition) is 0. The van der Waals surface area contributed by atoms with E-state index in [0.29, 0.717) is 0 Å². The summed E-state index contributed by atoms with van der Waals surface area (Å²) in [6.07, 6.45) is 3.77. The zero-order chi connectivity index (χ0) is 24.8. The number of fused-ring (bicyclic) bond motifs is 1. The van der Waals surface area contributed by atoms with Crippen molar-refractivity contribution in [1.82, 2.24) is 0 Å². The van der Waals surface area contributed by atoms with Gasteiger partial charge in [-0.1, -0.05) is 36.4 Å². The second-order valence-corrected chi connectivity index (χ2v) is 11.2. The van der Waals surface area contributed by atoms with Crippen LogP contribution in [0.25, 0.3) is 10.8 Å². The molecule has 0 saturated heterocycles. The highest BCUT2D eigenvalue weighted by Crippen LogP contribution is 2.22. The van der Waals surface area contributed by atoms with Crippen LogP contribution in [0.15, 0.2) is 65.7 Å². The second-order valence-electron chi connectivity index (χ2n) is 7.87. The van der Waals surface area contributed by atoms with Crippen LogP contribution in [0, 0.1) is 6.92 Å². The van der Waals surface area contributed by atoms with E-state index in [4.69, 9.17) is 8.37 Å². The van der Waals surface area contributed by atoms with Crippen LogP contribution in [0.3, 0.4) is 0 Å². The molecule has 3 aromatic carbocycles. The maximum atomic E-state index is 11.3. The molecule has 0 atom stereocenters. The van der Waals surface area contributed by atoms with E-state index in [1.165, 1.54) is 0 Å². The molecule has 3 aromatic rings. The van der Waals surface area contributed by atoms with Crippen LogP contribution in [0.1, 0.15) is 11.1 Å². The Kier molecular flexibility index (Phi) is 8.42. The lowest BCUT2D eigenvalue weighted by Crippen LogP contribution is -2.32. The molecule has 0 spiro atoms. The van der Waals surface area contributed by atoms with Crippen molar-refractivity contribution in [2.75, 3.05) is 43.7 Å². The molecule has 0 saturated carbocycles. The van der Waals surface area contributed by atoms with Crippen molar-refractivity contribution < 1.29 is 25.2 Å². The predicted octanol–water partition coefficient (Wildman–Crippen LogP) is 3.66. The Labute approximate surface area is 201 Å². The Hall–Kier alpha value is -2.79. The molecule has 34 heavy (non-hydrogen) atoms. The van der Waals surface area contributed by atoms with E-state index < -0.39 is 20.2 Å². The summed E-state index contributed by atoms with van der Waals surface area (Å²) in [5.41, 5.74) is 3.52. The fourth-order valence-corrected chi connectivity index (χ4v) is 4.12. The lowest BCUT2D eigenvalue weighted by atomic mass is 10.1. The molecule has 0 radical (unpaired) electrons. The van der Waals surface area contributed by atoms with Gasteiger partial charge in [-0.2, -0.15) is 16.8 Å². The van der Waals surface area contributed by atoms with Crippen molar-refractivity contribution in [2.45, 2.75) is 6.92 Å². The Balaban J connectivity index is 1.76. The van der Waals surface area contributed by atoms with Crippen LogP contribution in [0.4, 0.5) is 11.4 Å². The van der Waals surface area contributed by atoms with Gasteiger partial charge in [-0.3, -0.25) is 13.4 Å². The number of benzene rings is 3. The highest BCUT2D eigenvalue weighted by atomic mass is 32.2. The second kappa shape index (κ2) is 11.1. The van der Waals surface area contributed by atoms with Gasteiger partial charge in [-0.05, 0) is 53.1 Å². The highest BCUT2D eigenvalue weighted by Gasteiger charge is 2.12. The maximum Gasteiger partial charge on any atom is 0.264 e. The van der Waals surface area contributed by atoms with E-state index >= 15 is 0 Å². The van der Waals surface area contributed by atoms with Crippen molar-refractivity contribution >= 4 is 48.6 Å². The summed E-state index contributed by atoms with van der Waals surface area (Å²) in [5, 5.41) is 2.27. The minimum atomic E-state index is -3.58. The molecule has 0 unspecified atom stereocenters. The Morgan fingerprint density at radius 2 is 1.44 bits per heavy atom. The van der Waals surface area contributed by atoms with Crippen molar-refractivity contribution in [3.05, 3.63) is 71.8 Å². The summed E-state index contributed by atoms with van der Waals surface area (Å²) < 4.78 is 54.9. The minimum Gasteiger partial charge on any atom is -0.367 e. The summed E-state index contributed by atoms with van der Waals surface area (Å²) in [4.78, 5) is 6.42. The Morgan fingerprint density at radius 3 is 2.03 bits per heavy atom. The zero-order valence-electron chi connectivity index (χ0n) is 19.3. The molecule has 0 aliphatic heterocycles. The largest absolute Gasteiger partial charge is 0.367 e. The minimum absolute atomic E-state index is 0.0675. The summed E-state index contributed by atoms with van der Waals surface area (Å²) in [7, 11) is -7.16. The van der Waals surface area contributed by atoms with Gasteiger partial charge in [-0.15, -0.1) is 0 Å². The molecule has 0 fully saturated rings. The smallest absolute Gasteiger partial charge is 0.264 e. The standard InChI is InChI=1S/C24H28N2O6S2/c1-19-16-24(26(12-14-31-33(2,27)28)13-15-32-34(3,29)30)11-9-22(19)18-25-23-10-8-20-6-4-5-7-21(20)17-23/h4-11,16-18H,12-15H2,1-3H3. The first kappa shape index (κ1) is 25.8. The van der Waals surface area contributed by atoms with Gasteiger partial charge in [0, 0.05) is 25.0 Å². The van der Waals surface area contributed by atoms with Gasteiger partial charge in [-0.25, -0.2) is 0 Å². The Morgan fingerprint density at radius 1 is 0.824 bits per heavy atom. The van der Waals surface area contributed by atoms with Crippen LogP contribution in [0.2, 0.25) is 0 Å². The van der Waals surface area contributed by atoms with E-state index in [1.54, 1.807) is 6.21 Å². The first-order valence-corrected chi connectivity index (χ1v) is 14.2. The lowest BCUT2D eigenvalue weighted by Gasteiger charge is -2.25. The molecule has 0 aliphatic carbocycles. The molecule has 182 valence electrons. The van der Waals surface area contributed by atoms with E-state index in [1.807, 2.05) is 66.4 Å². The van der Waals surface area contributed by atoms with Gasteiger partial charge >= 0.3 is 0 Å². The average Bonchev–Trinajstić information content (AvgIpc) is 2.75. The molecule has 0 amide bonds. The number of aryl methyl sites for hydroxylation is 1. The third-order valence-electron chi connectivity index (χ3n) is 5.02. The van der Waals surface area contributed by atoms with Crippen molar-refractivity contribution in [3.63, 3.8) is 0 Å². The van der Waals surface area contributed by atoms with Gasteiger partial charge in [0.1, 0.15) is 0 Å². The first-order chi connectivity index (χ1) is 16.0. The summed E-state index contributed by atoms with van der Waals surface area (Å²) in [5.74, 6) is 0.